The largest absolute Gasteiger partial charge is 0.446 e. The molecule has 6 aromatic heterocycles. The number of rotatable bonds is 6. The highest BCUT2D eigenvalue weighted by molar-refractivity contribution is 7.12. The van der Waals surface area contributed by atoms with Crippen molar-refractivity contribution in [1.82, 2.24) is 39.9 Å². The van der Waals surface area contributed by atoms with Gasteiger partial charge in [0.25, 0.3) is 0 Å². The predicted molar refractivity (Wildman–Crippen MR) is 296 cm³/mol. The van der Waals surface area contributed by atoms with Gasteiger partial charge >= 0.3 is 0 Å². The first-order valence-electron chi connectivity index (χ1n) is 24.2. The molecule has 0 unspecified atom stereocenters. The number of aryl methyl sites for hydroxylation is 12. The minimum Gasteiger partial charge on any atom is -0.446 e. The van der Waals surface area contributed by atoms with Crippen LogP contribution in [-0.4, -0.2) is 39.9 Å². The first-order valence-corrected chi connectivity index (χ1v) is 25.8. The van der Waals surface area contributed by atoms with Crippen LogP contribution in [0.15, 0.2) is 4.42 Å². The zero-order valence-electron chi connectivity index (χ0n) is 47.3. The number of hydrogen-bond acceptors (Lipinski definition) is 11. The van der Waals surface area contributed by atoms with E-state index in [0.717, 1.165) is 51.6 Å². The Balaban J connectivity index is 0.000000792. The van der Waals surface area contributed by atoms with Crippen LogP contribution in [-0.2, 0) is 0 Å². The van der Waals surface area contributed by atoms with Crippen molar-refractivity contribution in [2.75, 3.05) is 0 Å². The highest BCUT2D eigenvalue weighted by Crippen LogP contribution is 2.26. The lowest BCUT2D eigenvalue weighted by molar-refractivity contribution is 0.492. The molecule has 0 amide bonds. The Hall–Kier alpha value is -4.22. The molecule has 0 bridgehead atoms. The molecule has 0 saturated carbocycles. The Morgan fingerprint density at radius 1 is 0.324 bits per heavy atom. The minimum atomic E-state index is 0. The third-order valence-corrected chi connectivity index (χ3v) is 13.8. The van der Waals surface area contributed by atoms with Gasteiger partial charge in [-0.2, -0.15) is 0 Å². The van der Waals surface area contributed by atoms with E-state index in [1.807, 2.05) is 59.8 Å². The van der Waals surface area contributed by atoms with Gasteiger partial charge in [-0.1, -0.05) is 90.5 Å². The Labute approximate surface area is 423 Å². The van der Waals surface area contributed by atoms with Crippen LogP contribution < -0.4 is 0 Å². The van der Waals surface area contributed by atoms with Gasteiger partial charge in [-0.3, -0.25) is 15.0 Å². The predicted octanol–water partition coefficient (Wildman–Crippen LogP) is 17.3. The Morgan fingerprint density at radius 3 is 1.13 bits per heavy atom. The Morgan fingerprint density at radius 2 is 0.779 bits per heavy atom. The molecule has 0 aliphatic heterocycles. The molecule has 9 nitrogen and oxygen atoms in total. The Bertz CT molecular complexity index is 2400. The van der Waals surface area contributed by atoms with Gasteiger partial charge in [0.15, 0.2) is 5.89 Å². The number of thiazole rings is 2. The summed E-state index contributed by atoms with van der Waals surface area (Å²) in [6, 6.07) is 0. The third-order valence-electron chi connectivity index (χ3n) is 11.5. The molecule has 0 aliphatic rings. The van der Waals surface area contributed by atoms with Gasteiger partial charge in [0.2, 0.25) is 0 Å². The molecule has 0 atom stereocenters. The van der Waals surface area contributed by atoms with Crippen LogP contribution >= 0.6 is 22.7 Å². The van der Waals surface area contributed by atoms with Gasteiger partial charge < -0.3 is 4.42 Å². The van der Waals surface area contributed by atoms with Crippen molar-refractivity contribution in [1.29, 1.82) is 0 Å². The monoisotopic (exact) mass is 971 g/mol. The van der Waals surface area contributed by atoms with Crippen LogP contribution in [0, 0.1) is 111 Å². The molecular weight excluding hydrogens is 877 g/mol. The van der Waals surface area contributed by atoms with E-state index in [0.29, 0.717) is 35.5 Å². The summed E-state index contributed by atoms with van der Waals surface area (Å²) in [5.74, 6) is 5.70. The van der Waals surface area contributed by atoms with Crippen LogP contribution in [0.1, 0.15) is 248 Å². The van der Waals surface area contributed by atoms with Gasteiger partial charge in [0, 0.05) is 45.4 Å². The zero-order chi connectivity index (χ0) is 51.9. The van der Waals surface area contributed by atoms with E-state index in [4.69, 9.17) is 4.42 Å². The van der Waals surface area contributed by atoms with Gasteiger partial charge in [-0.15, -0.1) is 22.7 Å². The average molecular weight is 972 g/mol. The quantitative estimate of drug-likeness (QED) is 0.161. The van der Waals surface area contributed by atoms with E-state index in [2.05, 4.69) is 185 Å². The van der Waals surface area contributed by atoms with Crippen molar-refractivity contribution in [3.8, 4) is 0 Å². The van der Waals surface area contributed by atoms with Crippen molar-refractivity contribution < 1.29 is 4.42 Å². The number of oxazole rings is 1. The van der Waals surface area contributed by atoms with Gasteiger partial charge in [-0.05, 0) is 156 Å². The maximum atomic E-state index is 5.26. The zero-order valence-corrected chi connectivity index (χ0v) is 48.9. The average Bonchev–Trinajstić information content (AvgIpc) is 3.88. The van der Waals surface area contributed by atoms with E-state index < -0.39 is 0 Å². The van der Waals surface area contributed by atoms with Crippen LogP contribution in [0.3, 0.4) is 0 Å². The molecule has 0 spiro atoms. The fourth-order valence-electron chi connectivity index (χ4n) is 7.20. The second kappa shape index (κ2) is 29.1. The first-order chi connectivity index (χ1) is 30.8. The summed E-state index contributed by atoms with van der Waals surface area (Å²) in [5, 5.41) is 2.44. The number of aromatic nitrogens is 8. The first kappa shape index (κ1) is 63.8. The molecule has 0 radical (unpaired) electrons. The maximum Gasteiger partial charge on any atom is 0.191 e. The van der Waals surface area contributed by atoms with E-state index >= 15 is 0 Å². The van der Waals surface area contributed by atoms with Crippen molar-refractivity contribution in [2.45, 2.75) is 237 Å². The number of nitrogens with zero attached hydrogens (tertiary/aromatic N) is 8. The molecule has 0 aliphatic carbocycles. The van der Waals surface area contributed by atoms with Crippen LogP contribution in [0.5, 0.6) is 0 Å². The van der Waals surface area contributed by atoms with Crippen LogP contribution in [0.4, 0.5) is 0 Å². The summed E-state index contributed by atoms with van der Waals surface area (Å²) >= 11 is 3.60. The summed E-state index contributed by atoms with van der Waals surface area (Å²) in [5.41, 5.74) is 17.8. The summed E-state index contributed by atoms with van der Waals surface area (Å²) in [6.07, 6.45) is 0. The lowest BCUT2D eigenvalue weighted by atomic mass is 9.97. The van der Waals surface area contributed by atoms with Crippen molar-refractivity contribution in [2.24, 2.45) is 0 Å². The fourth-order valence-corrected chi connectivity index (χ4v) is 9.10. The topological polar surface area (TPSA) is 116 Å². The van der Waals surface area contributed by atoms with Gasteiger partial charge in [-0.25, -0.2) is 24.9 Å². The third kappa shape index (κ3) is 19.6. The van der Waals surface area contributed by atoms with Gasteiger partial charge in [0.05, 0.1) is 49.9 Å². The molecule has 6 heterocycles. The normalized spacial score (nSPS) is 10.7. The molecule has 6 rings (SSSR count). The molecule has 0 aromatic carbocycles. The minimum absolute atomic E-state index is 0. The lowest BCUT2D eigenvalue weighted by Crippen LogP contribution is -2.03. The van der Waals surface area contributed by atoms with Crippen molar-refractivity contribution in [3.63, 3.8) is 0 Å². The molecule has 380 valence electrons. The molecule has 0 N–H and O–H groups in total. The molecule has 0 fully saturated rings. The van der Waals surface area contributed by atoms with E-state index in [-0.39, 0.29) is 7.43 Å². The van der Waals surface area contributed by atoms with Crippen molar-refractivity contribution in [3.05, 3.63) is 122 Å². The van der Waals surface area contributed by atoms with Crippen LogP contribution in [0.2, 0.25) is 0 Å². The molecule has 11 heteroatoms. The summed E-state index contributed by atoms with van der Waals surface area (Å²) in [4.78, 5) is 38.1. The second-order valence-electron chi connectivity index (χ2n) is 19.7. The van der Waals surface area contributed by atoms with E-state index in [1.165, 1.54) is 70.5 Å². The number of pyridine rings is 1. The van der Waals surface area contributed by atoms with Crippen molar-refractivity contribution >= 4 is 22.7 Å². The molecule has 68 heavy (non-hydrogen) atoms. The van der Waals surface area contributed by atoms with E-state index in [1.54, 1.807) is 11.3 Å². The summed E-state index contributed by atoms with van der Waals surface area (Å²) in [6.45, 7) is 58.9. The highest BCUT2D eigenvalue weighted by Gasteiger charge is 2.13. The summed E-state index contributed by atoms with van der Waals surface area (Å²) < 4.78 is 5.26. The molecular formula is C57H94N8OS2. The smallest absolute Gasteiger partial charge is 0.191 e. The van der Waals surface area contributed by atoms with Gasteiger partial charge in [0.1, 0.15) is 11.6 Å². The number of hydrogen-bond donors (Lipinski definition) is 0. The second-order valence-corrected chi connectivity index (χ2v) is 22.3. The standard InChI is InChI=1S/C12H19N.2C10H16N2.C8H13NO.2C8H13NS.CH4/c1-7(2)12-10(5)8(3)9(4)11(6)13-12;1-6(2)10-9(5)11-7(3)8(4)12-10;1-6(2)10-7(3)8(4)11-9(5)12-10;2*1-5(2)8-6(3)10-7(4)9-8;1-5(2)8-9-6(3)7(4)10-8;/h7H,1-6H3;2*6H,1-5H3;3*5H,1-4H3;1H4. The van der Waals surface area contributed by atoms with E-state index in [9.17, 15) is 0 Å². The highest BCUT2D eigenvalue weighted by atomic mass is 32.1. The SMILES string of the molecule is C.Cc1nc(C(C)C)c(C)c(C)c1C.Cc1nc(C(C)C)c(C)o1.Cc1nc(C(C)C)c(C)s1.Cc1nc(C(C)C)sc1C.Cc1nc(C)c(C(C)C)nc1C.Cc1nc(C)c(C)c(C(C)C)n1. The lowest BCUT2D eigenvalue weighted by Gasteiger charge is -2.15. The molecule has 0 saturated heterocycles. The summed E-state index contributed by atoms with van der Waals surface area (Å²) in [7, 11) is 0. The molecule has 6 aromatic rings. The van der Waals surface area contributed by atoms with Crippen LogP contribution in [0.25, 0.3) is 0 Å². The fraction of sp³-hybridized carbons (Fsp3) is 0.614. The Kier molecular flexibility index (Phi) is 27.3. The maximum absolute atomic E-state index is 5.26.